The van der Waals surface area contributed by atoms with Crippen molar-refractivity contribution in [3.05, 3.63) is 84.4 Å². The van der Waals surface area contributed by atoms with Crippen molar-refractivity contribution in [2.24, 2.45) is 10.2 Å². The van der Waals surface area contributed by atoms with Crippen molar-refractivity contribution in [1.82, 2.24) is 0 Å². The van der Waals surface area contributed by atoms with Crippen LogP contribution in [0, 0.1) is 0 Å². The van der Waals surface area contributed by atoms with Gasteiger partial charge in [-0.2, -0.15) is 10.2 Å². The molecule has 5 nitrogen and oxygen atoms in total. The Kier molecular flexibility index (Phi) is 12.7. The molecule has 0 aromatic heterocycles. The predicted molar refractivity (Wildman–Crippen MR) is 143 cm³/mol. The quantitative estimate of drug-likeness (QED) is 0.162. The first-order chi connectivity index (χ1) is 17.0. The number of carbonyl (C=O) groups excluding carboxylic acids is 1. The normalized spacial score (nSPS) is 10.6. The highest BCUT2D eigenvalue weighted by Gasteiger charge is 2.05. The van der Waals surface area contributed by atoms with E-state index in [1.54, 1.807) is 0 Å². The summed E-state index contributed by atoms with van der Waals surface area (Å²) < 4.78 is 0. The van der Waals surface area contributed by atoms with E-state index in [-0.39, 0.29) is 5.78 Å². The summed E-state index contributed by atoms with van der Waals surface area (Å²) in [7, 11) is 0. The third kappa shape index (κ3) is 10.9. The van der Waals surface area contributed by atoms with Crippen LogP contribution in [0.2, 0.25) is 0 Å². The van der Waals surface area contributed by atoms with Crippen LogP contribution in [0.25, 0.3) is 11.1 Å². The van der Waals surface area contributed by atoms with E-state index >= 15 is 0 Å². The van der Waals surface area contributed by atoms with Crippen molar-refractivity contribution in [2.45, 2.75) is 65.2 Å². The summed E-state index contributed by atoms with van der Waals surface area (Å²) in [6.45, 7) is 4.21. The molecular weight excluding hydrogens is 436 g/mol. The summed E-state index contributed by atoms with van der Waals surface area (Å²) >= 11 is 0. The average Bonchev–Trinajstić information content (AvgIpc) is 2.90. The van der Waals surface area contributed by atoms with Crippen LogP contribution < -0.4 is 0 Å². The number of hydrogen-bond acceptors (Lipinski definition) is 4. The van der Waals surface area contributed by atoms with E-state index < -0.39 is 5.97 Å². The average molecular weight is 473 g/mol. The van der Waals surface area contributed by atoms with E-state index in [1.165, 1.54) is 6.42 Å². The van der Waals surface area contributed by atoms with Crippen molar-refractivity contribution in [3.63, 3.8) is 0 Å². The zero-order chi connectivity index (χ0) is 25.3. The molecule has 0 radical (unpaired) electrons. The standard InChI is InChI=1S/C23H22N2O.C7H14O2/c1-2-3-9-23(26)20-12-10-18(11-13-20)19-14-16-22(17-15-19)25-24-21-7-5-4-6-8-21;1-2-3-4-5-6-7(8)9/h4-8,10-17H,2-3,9H2,1H3;2-6H2,1H3,(H,8,9). The Morgan fingerprint density at radius 3 is 1.71 bits per heavy atom. The molecule has 3 rings (SSSR count). The maximum absolute atomic E-state index is 12.1. The second kappa shape index (κ2) is 16.1. The summed E-state index contributed by atoms with van der Waals surface area (Å²) in [5, 5.41) is 16.7. The zero-order valence-corrected chi connectivity index (χ0v) is 20.8. The van der Waals surface area contributed by atoms with Crippen LogP contribution in [0.4, 0.5) is 11.4 Å². The lowest BCUT2D eigenvalue weighted by Gasteiger charge is -2.04. The van der Waals surface area contributed by atoms with Gasteiger partial charge in [0.15, 0.2) is 5.78 Å². The van der Waals surface area contributed by atoms with Gasteiger partial charge in [-0.25, -0.2) is 0 Å². The molecule has 0 bridgehead atoms. The summed E-state index contributed by atoms with van der Waals surface area (Å²) in [4.78, 5) is 22.0. The van der Waals surface area contributed by atoms with Crippen LogP contribution in [0.3, 0.4) is 0 Å². The molecule has 0 atom stereocenters. The highest BCUT2D eigenvalue weighted by molar-refractivity contribution is 5.96. The third-order valence-electron chi connectivity index (χ3n) is 5.45. The van der Waals surface area contributed by atoms with Gasteiger partial charge in [-0.05, 0) is 48.2 Å². The molecule has 3 aromatic rings. The number of carboxylic acids is 1. The van der Waals surface area contributed by atoms with Crippen LogP contribution in [0.15, 0.2) is 89.1 Å². The van der Waals surface area contributed by atoms with Crippen molar-refractivity contribution in [1.29, 1.82) is 0 Å². The van der Waals surface area contributed by atoms with Gasteiger partial charge in [0.05, 0.1) is 11.4 Å². The van der Waals surface area contributed by atoms with Crippen molar-refractivity contribution < 1.29 is 14.7 Å². The zero-order valence-electron chi connectivity index (χ0n) is 20.8. The fourth-order valence-electron chi connectivity index (χ4n) is 3.36. The summed E-state index contributed by atoms with van der Waals surface area (Å²) in [5.41, 5.74) is 4.61. The number of hydrogen-bond donors (Lipinski definition) is 1. The molecule has 0 saturated heterocycles. The number of unbranched alkanes of at least 4 members (excludes halogenated alkanes) is 4. The number of nitrogens with zero attached hydrogens (tertiary/aromatic N) is 2. The molecule has 0 aliphatic carbocycles. The molecule has 3 aromatic carbocycles. The smallest absolute Gasteiger partial charge is 0.303 e. The second-order valence-electron chi connectivity index (χ2n) is 8.39. The minimum Gasteiger partial charge on any atom is -0.481 e. The summed E-state index contributed by atoms with van der Waals surface area (Å²) in [5.74, 6) is -0.457. The van der Waals surface area contributed by atoms with Gasteiger partial charge in [0.25, 0.3) is 0 Å². The van der Waals surface area contributed by atoms with E-state index in [1.807, 2.05) is 78.9 Å². The van der Waals surface area contributed by atoms with E-state index in [2.05, 4.69) is 24.1 Å². The van der Waals surface area contributed by atoms with Gasteiger partial charge in [0.1, 0.15) is 0 Å². The molecule has 0 heterocycles. The molecule has 0 spiro atoms. The number of carbonyl (C=O) groups is 2. The largest absolute Gasteiger partial charge is 0.481 e. The van der Waals surface area contributed by atoms with Gasteiger partial charge in [-0.3, -0.25) is 9.59 Å². The van der Waals surface area contributed by atoms with Gasteiger partial charge in [-0.15, -0.1) is 0 Å². The summed E-state index contributed by atoms with van der Waals surface area (Å²) in [6.07, 6.45) is 7.16. The Morgan fingerprint density at radius 2 is 1.17 bits per heavy atom. The Bertz CT molecular complexity index is 1040. The molecular formula is C30H36N2O3. The molecule has 0 fully saturated rings. The molecule has 5 heteroatoms. The molecule has 35 heavy (non-hydrogen) atoms. The number of aliphatic carboxylic acids is 1. The van der Waals surface area contributed by atoms with Gasteiger partial charge < -0.3 is 5.11 Å². The predicted octanol–water partition coefficient (Wildman–Crippen LogP) is 9.18. The van der Waals surface area contributed by atoms with Crippen LogP contribution >= 0.6 is 0 Å². The molecule has 0 amide bonds. The first-order valence-electron chi connectivity index (χ1n) is 12.5. The minimum absolute atomic E-state index is 0.218. The maximum Gasteiger partial charge on any atom is 0.303 e. The molecule has 0 unspecified atom stereocenters. The number of Topliss-reactive ketones (excluding diaryl/α,β-unsaturated/α-hetero) is 1. The van der Waals surface area contributed by atoms with Crippen LogP contribution in [-0.4, -0.2) is 16.9 Å². The van der Waals surface area contributed by atoms with Crippen molar-refractivity contribution in [3.8, 4) is 11.1 Å². The van der Waals surface area contributed by atoms with E-state index in [9.17, 15) is 9.59 Å². The lowest BCUT2D eigenvalue weighted by molar-refractivity contribution is -0.137. The van der Waals surface area contributed by atoms with Gasteiger partial charge >= 0.3 is 5.97 Å². The third-order valence-corrected chi connectivity index (χ3v) is 5.45. The monoisotopic (exact) mass is 472 g/mol. The first-order valence-corrected chi connectivity index (χ1v) is 12.5. The Labute approximate surface area is 208 Å². The maximum atomic E-state index is 12.1. The lowest BCUT2D eigenvalue weighted by atomic mass is 10.0. The van der Waals surface area contributed by atoms with Crippen molar-refractivity contribution in [2.75, 3.05) is 0 Å². The van der Waals surface area contributed by atoms with E-state index in [4.69, 9.17) is 5.11 Å². The molecule has 0 aliphatic heterocycles. The molecule has 1 N–H and O–H groups in total. The number of rotatable bonds is 12. The van der Waals surface area contributed by atoms with Crippen LogP contribution in [0.1, 0.15) is 75.6 Å². The van der Waals surface area contributed by atoms with Crippen molar-refractivity contribution >= 4 is 23.1 Å². The molecule has 0 aliphatic rings. The van der Waals surface area contributed by atoms with E-state index in [0.29, 0.717) is 12.8 Å². The fraction of sp³-hybridized carbons (Fsp3) is 0.333. The minimum atomic E-state index is -0.675. The number of azo groups is 1. The SMILES string of the molecule is CCCCC(=O)c1ccc(-c2ccc(N=Nc3ccccc3)cc2)cc1.CCCCCCC(=O)O. The van der Waals surface area contributed by atoms with Gasteiger partial charge in [0.2, 0.25) is 0 Å². The first kappa shape index (κ1) is 27.6. The Morgan fingerprint density at radius 1 is 0.629 bits per heavy atom. The highest BCUT2D eigenvalue weighted by atomic mass is 16.4. The lowest BCUT2D eigenvalue weighted by Crippen LogP contribution is -1.98. The second-order valence-corrected chi connectivity index (χ2v) is 8.39. The number of benzene rings is 3. The van der Waals surface area contributed by atoms with Gasteiger partial charge in [-0.1, -0.05) is 94.1 Å². The summed E-state index contributed by atoms with van der Waals surface area (Å²) in [6, 6.07) is 25.4. The number of carboxylic acid groups (broad SMARTS) is 1. The Hall–Kier alpha value is -3.60. The topological polar surface area (TPSA) is 79.1 Å². The molecule has 184 valence electrons. The van der Waals surface area contributed by atoms with E-state index in [0.717, 1.165) is 60.2 Å². The van der Waals surface area contributed by atoms with Crippen LogP contribution in [-0.2, 0) is 4.79 Å². The number of ketones is 1. The van der Waals surface area contributed by atoms with Crippen LogP contribution in [0.5, 0.6) is 0 Å². The van der Waals surface area contributed by atoms with Gasteiger partial charge in [0, 0.05) is 18.4 Å². The molecule has 0 saturated carbocycles. The fourth-order valence-corrected chi connectivity index (χ4v) is 3.36. The Balaban J connectivity index is 0.000000410. The highest BCUT2D eigenvalue weighted by Crippen LogP contribution is 2.24.